The smallest absolute Gasteiger partial charge is 0.328 e. The predicted molar refractivity (Wildman–Crippen MR) is 123 cm³/mol. The van der Waals surface area contributed by atoms with Gasteiger partial charge in [0.05, 0.1) is 14.2 Å². The van der Waals surface area contributed by atoms with Crippen molar-refractivity contribution in [1.82, 2.24) is 5.32 Å². The molecule has 0 saturated heterocycles. The van der Waals surface area contributed by atoms with E-state index in [4.69, 9.17) is 19.7 Å². The highest BCUT2D eigenvalue weighted by Crippen LogP contribution is 2.24. The third kappa shape index (κ3) is 8.12. The van der Waals surface area contributed by atoms with Gasteiger partial charge in [0.2, 0.25) is 0 Å². The summed E-state index contributed by atoms with van der Waals surface area (Å²) in [6.45, 7) is 1.76. The predicted octanol–water partition coefficient (Wildman–Crippen LogP) is 3.90. The zero-order chi connectivity index (χ0) is 23.3. The minimum absolute atomic E-state index is 0.558. The summed E-state index contributed by atoms with van der Waals surface area (Å²) in [5.41, 5.74) is 2.57. The number of rotatable bonds is 9. The first-order valence-electron chi connectivity index (χ1n) is 9.96. The van der Waals surface area contributed by atoms with Gasteiger partial charge >= 0.3 is 11.9 Å². The molecule has 0 saturated carbocycles. The monoisotopic (exact) mass is 437 g/mol. The Hall–Kier alpha value is -3.84. The second-order valence-electron chi connectivity index (χ2n) is 6.79. The highest BCUT2D eigenvalue weighted by molar-refractivity contribution is 5.89. The molecule has 3 aromatic rings. The van der Waals surface area contributed by atoms with Gasteiger partial charge in [-0.25, -0.2) is 9.59 Å². The number of fused-ring (bicyclic) bond motifs is 1. The van der Waals surface area contributed by atoms with E-state index in [0.29, 0.717) is 12.2 Å². The number of carbonyl (C=O) groups is 2. The van der Waals surface area contributed by atoms with Gasteiger partial charge < -0.3 is 25.0 Å². The molecule has 0 bridgehead atoms. The summed E-state index contributed by atoms with van der Waals surface area (Å²) >= 11 is 0. The number of hydrogen-bond acceptors (Lipinski definition) is 5. The first kappa shape index (κ1) is 24.4. The van der Waals surface area contributed by atoms with Crippen molar-refractivity contribution in [3.8, 4) is 11.5 Å². The molecule has 0 amide bonds. The second-order valence-corrected chi connectivity index (χ2v) is 6.79. The lowest BCUT2D eigenvalue weighted by molar-refractivity contribution is -0.134. The first-order valence-corrected chi connectivity index (χ1v) is 9.96. The second kappa shape index (κ2) is 12.8. The van der Waals surface area contributed by atoms with Crippen molar-refractivity contribution in [3.63, 3.8) is 0 Å². The van der Waals surface area contributed by atoms with Crippen molar-refractivity contribution < 1.29 is 29.3 Å². The average molecular weight is 437 g/mol. The molecule has 32 heavy (non-hydrogen) atoms. The molecule has 0 aromatic heterocycles. The van der Waals surface area contributed by atoms with E-state index in [1.54, 1.807) is 14.2 Å². The molecule has 7 nitrogen and oxygen atoms in total. The molecule has 0 radical (unpaired) electrons. The summed E-state index contributed by atoms with van der Waals surface area (Å²) in [6, 6.07) is 20.8. The maximum atomic E-state index is 9.55. The van der Waals surface area contributed by atoms with E-state index in [2.05, 4.69) is 47.8 Å². The van der Waals surface area contributed by atoms with Crippen molar-refractivity contribution >= 4 is 22.7 Å². The maximum absolute atomic E-state index is 9.55. The lowest BCUT2D eigenvalue weighted by Crippen LogP contribution is -2.16. The van der Waals surface area contributed by atoms with Crippen molar-refractivity contribution in [1.29, 1.82) is 0 Å². The Morgan fingerprint density at radius 2 is 1.53 bits per heavy atom. The van der Waals surface area contributed by atoms with Crippen molar-refractivity contribution in [2.75, 3.05) is 20.8 Å². The van der Waals surface area contributed by atoms with Crippen LogP contribution in [0.15, 0.2) is 72.8 Å². The fourth-order valence-electron chi connectivity index (χ4n) is 3.04. The number of carboxylic acids is 2. The molecule has 0 aliphatic carbocycles. The number of aliphatic carboxylic acids is 2. The van der Waals surface area contributed by atoms with Gasteiger partial charge in [-0.2, -0.15) is 0 Å². The SMILES string of the molecule is COc1cccc(CNCCc2cccc3ccc(OC)cc23)c1.O=C(O)/C=C/C(=O)O. The molecular formula is C25H27NO6. The summed E-state index contributed by atoms with van der Waals surface area (Å²) in [4.78, 5) is 19.1. The van der Waals surface area contributed by atoms with E-state index >= 15 is 0 Å². The van der Waals surface area contributed by atoms with Crippen LogP contribution in [0.25, 0.3) is 10.8 Å². The standard InChI is InChI=1S/C21H23NO2.C4H4O4/c1-23-19-8-3-5-16(13-19)15-22-12-11-18-7-4-6-17-9-10-20(24-2)14-21(17)18;5-3(6)1-2-4(7)8/h3-10,13-14,22H,11-12,15H2,1-2H3;1-2H,(H,5,6)(H,7,8)/b;2-1+. The lowest BCUT2D eigenvalue weighted by atomic mass is 10.0. The van der Waals surface area contributed by atoms with Crippen LogP contribution in [-0.4, -0.2) is 42.9 Å². The highest BCUT2D eigenvalue weighted by atomic mass is 16.5. The molecule has 0 aliphatic heterocycles. The van der Waals surface area contributed by atoms with E-state index in [1.807, 2.05) is 18.2 Å². The van der Waals surface area contributed by atoms with E-state index in [9.17, 15) is 9.59 Å². The molecule has 168 valence electrons. The Morgan fingerprint density at radius 3 is 2.19 bits per heavy atom. The van der Waals surface area contributed by atoms with Crippen LogP contribution in [0.5, 0.6) is 11.5 Å². The summed E-state index contributed by atoms with van der Waals surface area (Å²) < 4.78 is 10.6. The molecule has 0 unspecified atom stereocenters. The summed E-state index contributed by atoms with van der Waals surface area (Å²) in [7, 11) is 3.40. The van der Waals surface area contributed by atoms with Crippen LogP contribution < -0.4 is 14.8 Å². The van der Waals surface area contributed by atoms with Crippen LogP contribution in [0.4, 0.5) is 0 Å². The molecular weight excluding hydrogens is 410 g/mol. The largest absolute Gasteiger partial charge is 0.497 e. The van der Waals surface area contributed by atoms with Gasteiger partial charge in [-0.15, -0.1) is 0 Å². The Labute approximate surface area is 186 Å². The molecule has 0 heterocycles. The molecule has 3 aromatic carbocycles. The topological polar surface area (TPSA) is 105 Å². The van der Waals surface area contributed by atoms with Gasteiger partial charge in [-0.05, 0) is 59.1 Å². The van der Waals surface area contributed by atoms with Crippen LogP contribution in [0.1, 0.15) is 11.1 Å². The van der Waals surface area contributed by atoms with Crippen LogP contribution in [-0.2, 0) is 22.6 Å². The first-order chi connectivity index (χ1) is 15.4. The third-order valence-corrected chi connectivity index (χ3v) is 4.58. The maximum Gasteiger partial charge on any atom is 0.328 e. The van der Waals surface area contributed by atoms with Crippen LogP contribution >= 0.6 is 0 Å². The Morgan fingerprint density at radius 1 is 0.875 bits per heavy atom. The van der Waals surface area contributed by atoms with E-state index in [-0.39, 0.29) is 0 Å². The molecule has 0 spiro atoms. The molecule has 0 aliphatic rings. The zero-order valence-electron chi connectivity index (χ0n) is 18.1. The number of nitrogens with one attached hydrogen (secondary N) is 1. The summed E-state index contributed by atoms with van der Waals surface area (Å²) in [5, 5.41) is 21.6. The van der Waals surface area contributed by atoms with E-state index < -0.39 is 11.9 Å². The minimum Gasteiger partial charge on any atom is -0.497 e. The fraction of sp³-hybridized carbons (Fsp3) is 0.200. The fourth-order valence-corrected chi connectivity index (χ4v) is 3.04. The normalized spacial score (nSPS) is 10.4. The molecule has 3 N–H and O–H groups in total. The average Bonchev–Trinajstić information content (AvgIpc) is 2.80. The van der Waals surface area contributed by atoms with Gasteiger partial charge in [0.1, 0.15) is 11.5 Å². The van der Waals surface area contributed by atoms with E-state index in [0.717, 1.165) is 31.0 Å². The van der Waals surface area contributed by atoms with Gasteiger partial charge in [-0.1, -0.05) is 36.4 Å². The van der Waals surface area contributed by atoms with Crippen molar-refractivity contribution in [2.45, 2.75) is 13.0 Å². The number of carboxylic acid groups (broad SMARTS) is 2. The van der Waals surface area contributed by atoms with Gasteiger partial charge in [-0.3, -0.25) is 0 Å². The van der Waals surface area contributed by atoms with Crippen molar-refractivity contribution in [2.24, 2.45) is 0 Å². The Balaban J connectivity index is 0.000000390. The number of benzene rings is 3. The quantitative estimate of drug-likeness (QED) is 0.344. The van der Waals surface area contributed by atoms with Crippen LogP contribution in [0.2, 0.25) is 0 Å². The molecule has 7 heteroatoms. The number of hydrogen-bond donors (Lipinski definition) is 3. The number of ether oxygens (including phenoxy) is 2. The van der Waals surface area contributed by atoms with Gasteiger partial charge in [0.25, 0.3) is 0 Å². The summed E-state index contributed by atoms with van der Waals surface area (Å²) in [6.07, 6.45) is 2.10. The minimum atomic E-state index is -1.26. The van der Waals surface area contributed by atoms with Gasteiger partial charge in [0, 0.05) is 18.7 Å². The zero-order valence-corrected chi connectivity index (χ0v) is 18.1. The van der Waals surface area contributed by atoms with Crippen molar-refractivity contribution in [3.05, 3.63) is 83.9 Å². The lowest BCUT2D eigenvalue weighted by Gasteiger charge is -2.10. The Bertz CT molecular complexity index is 1060. The highest BCUT2D eigenvalue weighted by Gasteiger charge is 2.03. The number of methoxy groups -OCH3 is 2. The van der Waals surface area contributed by atoms with Crippen LogP contribution in [0, 0.1) is 0 Å². The van der Waals surface area contributed by atoms with Crippen LogP contribution in [0.3, 0.4) is 0 Å². The molecule has 0 atom stereocenters. The molecule has 0 fully saturated rings. The van der Waals surface area contributed by atoms with E-state index in [1.165, 1.54) is 21.9 Å². The third-order valence-electron chi connectivity index (χ3n) is 4.58. The summed E-state index contributed by atoms with van der Waals surface area (Å²) in [5.74, 6) is -0.713. The molecule has 3 rings (SSSR count). The Kier molecular flexibility index (Phi) is 9.74. The van der Waals surface area contributed by atoms with Gasteiger partial charge in [0.15, 0.2) is 0 Å².